The number of rotatable bonds is 8. The summed E-state index contributed by atoms with van der Waals surface area (Å²) in [6, 6.07) is 0.0749. The Labute approximate surface area is 187 Å². The molecule has 0 bridgehead atoms. The Morgan fingerprint density at radius 3 is 2.56 bits per heavy atom. The lowest BCUT2D eigenvalue weighted by Gasteiger charge is -2.43. The van der Waals surface area contributed by atoms with E-state index in [1.165, 1.54) is 30.5 Å². The molecule has 32 heavy (non-hydrogen) atoms. The number of halogens is 1. The Morgan fingerprint density at radius 1 is 1.44 bits per heavy atom. The van der Waals surface area contributed by atoms with Gasteiger partial charge in [0.15, 0.2) is 11.9 Å². The molecule has 11 nitrogen and oxygen atoms in total. The number of aromatic nitrogens is 2. The summed E-state index contributed by atoms with van der Waals surface area (Å²) in [5, 5.41) is 11.8. The molecule has 2 heterocycles. The highest BCUT2D eigenvalue weighted by molar-refractivity contribution is 7.37. The first-order valence-corrected chi connectivity index (χ1v) is 11.4. The van der Waals surface area contributed by atoms with Gasteiger partial charge in [-0.25, -0.2) is 14.3 Å². The van der Waals surface area contributed by atoms with E-state index >= 15 is 4.39 Å². The number of aliphatic hydroxyl groups is 1. The van der Waals surface area contributed by atoms with Crippen LogP contribution in [0.2, 0.25) is 0 Å². The summed E-state index contributed by atoms with van der Waals surface area (Å²) in [5.74, 6) is -0.628. The van der Waals surface area contributed by atoms with Gasteiger partial charge in [-0.1, -0.05) is 0 Å². The molecule has 16 heteroatoms. The summed E-state index contributed by atoms with van der Waals surface area (Å²) in [5.41, 5.74) is -5.85. The number of aliphatic hydroxyl groups excluding tert-OH is 1. The van der Waals surface area contributed by atoms with E-state index < -0.39 is 60.3 Å². The van der Waals surface area contributed by atoms with Crippen LogP contribution < -0.4 is 16.3 Å². The van der Waals surface area contributed by atoms with E-state index in [0.29, 0.717) is 0 Å². The minimum absolute atomic E-state index is 0.358. The SMILES string of the molecule is BC(B)(O[PH](=O)N[C@@H](C)C(=O)OC(C)C)[C@@]1(B)O[C@@H](n2ccc(=O)[nH]c2=O)[C@](C)(F)[C@@H]1O. The number of ether oxygens (including phenoxy) is 2. The Morgan fingerprint density at radius 2 is 2.03 bits per heavy atom. The smallest absolute Gasteiger partial charge is 0.330 e. The molecule has 0 amide bonds. The summed E-state index contributed by atoms with van der Waals surface area (Å²) in [4.78, 5) is 37.5. The first-order valence-electron chi connectivity index (χ1n) is 10.1. The highest BCUT2D eigenvalue weighted by Gasteiger charge is 2.66. The van der Waals surface area contributed by atoms with Crippen molar-refractivity contribution in [3.8, 4) is 0 Å². The van der Waals surface area contributed by atoms with Gasteiger partial charge >= 0.3 is 11.7 Å². The van der Waals surface area contributed by atoms with Gasteiger partial charge in [0.05, 0.1) is 11.6 Å². The summed E-state index contributed by atoms with van der Waals surface area (Å²) in [6.45, 7) is 5.84. The first-order chi connectivity index (χ1) is 14.5. The van der Waals surface area contributed by atoms with E-state index in [2.05, 4.69) is 5.09 Å². The van der Waals surface area contributed by atoms with Crippen molar-refractivity contribution in [2.24, 2.45) is 0 Å². The Balaban J connectivity index is 2.26. The number of alkyl halides is 1. The van der Waals surface area contributed by atoms with Crippen molar-refractivity contribution in [3.63, 3.8) is 0 Å². The molecule has 3 N–H and O–H groups in total. The number of aromatic amines is 1. The van der Waals surface area contributed by atoms with Gasteiger partial charge in [0.25, 0.3) is 13.7 Å². The van der Waals surface area contributed by atoms with Crippen molar-refractivity contribution < 1.29 is 32.9 Å². The van der Waals surface area contributed by atoms with Crippen LogP contribution in [0.3, 0.4) is 0 Å². The number of nitrogens with one attached hydrogen (secondary N) is 2. The zero-order valence-electron chi connectivity index (χ0n) is 19.1. The molecule has 2 rings (SSSR count). The third kappa shape index (κ3) is 5.12. The maximum Gasteiger partial charge on any atom is 0.330 e. The number of esters is 1. The molecule has 1 aromatic rings. The lowest BCUT2D eigenvalue weighted by Crippen LogP contribution is -2.64. The van der Waals surface area contributed by atoms with Crippen LogP contribution in [-0.4, -0.2) is 79.0 Å². The van der Waals surface area contributed by atoms with Crippen LogP contribution in [0, 0.1) is 0 Å². The standard InChI is InChI=1S/C16H28B3FN3O8P/c1-7(2)29-10(25)8(3)22-32(28)31-16(18,19)15(17)11(26)14(4,20)12(30-15)23-6-5-9(24)21-13(23)27/h5-8,11-12,26,32H,17-19H2,1-4H3,(H,22,28)(H,21,24,27)/t8-,11-,12+,14+,15-/m0/s1. The van der Waals surface area contributed by atoms with Crippen LogP contribution in [0.25, 0.3) is 0 Å². The zero-order chi connectivity index (χ0) is 24.6. The Hall–Kier alpha value is -1.66. The van der Waals surface area contributed by atoms with Gasteiger partial charge in [-0.3, -0.25) is 23.7 Å². The monoisotopic (exact) mass is 473 g/mol. The van der Waals surface area contributed by atoms with E-state index in [4.69, 9.17) is 14.0 Å². The number of hydrogen-bond acceptors (Lipinski definition) is 8. The average Bonchev–Trinajstić information content (AvgIpc) is 2.82. The lowest BCUT2D eigenvalue weighted by molar-refractivity contribution is -0.149. The summed E-state index contributed by atoms with van der Waals surface area (Å²) < 4.78 is 45.4. The van der Waals surface area contributed by atoms with Crippen LogP contribution in [0.15, 0.2) is 21.9 Å². The van der Waals surface area contributed by atoms with Gasteiger partial charge in [-0.2, -0.15) is 0 Å². The molecule has 1 fully saturated rings. The highest BCUT2D eigenvalue weighted by atomic mass is 31.1. The third-order valence-electron chi connectivity index (χ3n) is 5.58. The number of carbonyl (C=O) groups excluding carboxylic acids is 1. The fourth-order valence-corrected chi connectivity index (χ4v) is 4.63. The van der Waals surface area contributed by atoms with Crippen LogP contribution in [0.1, 0.15) is 33.9 Å². The molecule has 0 aliphatic carbocycles. The average molecular weight is 473 g/mol. The second-order valence-electron chi connectivity index (χ2n) is 8.90. The number of nitrogens with zero attached hydrogens (tertiary/aromatic N) is 1. The normalized spacial score (nSPS) is 30.2. The molecular formula is C16H28B3FN3O8P. The molecule has 1 aliphatic rings. The molecule has 1 aliphatic heterocycles. The van der Waals surface area contributed by atoms with Gasteiger partial charge in [-0.05, 0) is 27.7 Å². The van der Waals surface area contributed by atoms with E-state index in [1.807, 2.05) is 4.98 Å². The van der Waals surface area contributed by atoms with Crippen LogP contribution in [0.5, 0.6) is 0 Å². The van der Waals surface area contributed by atoms with Crippen molar-refractivity contribution in [2.45, 2.75) is 68.7 Å². The van der Waals surface area contributed by atoms with Gasteiger partial charge in [0.1, 0.15) is 35.7 Å². The molecular weight excluding hydrogens is 445 g/mol. The number of hydrogen-bond donors (Lipinski definition) is 3. The molecule has 1 aromatic heterocycles. The molecule has 1 saturated heterocycles. The fourth-order valence-electron chi connectivity index (χ4n) is 3.43. The van der Waals surface area contributed by atoms with Gasteiger partial charge in [0, 0.05) is 17.7 Å². The zero-order valence-corrected chi connectivity index (χ0v) is 20.1. The molecule has 0 saturated carbocycles. The number of carbonyl (C=O) groups is 1. The van der Waals surface area contributed by atoms with Gasteiger partial charge < -0.3 is 19.1 Å². The predicted octanol–water partition coefficient (Wildman–Crippen LogP) is -3.26. The first kappa shape index (κ1) is 26.6. The van der Waals surface area contributed by atoms with Gasteiger partial charge in [0.2, 0.25) is 0 Å². The quantitative estimate of drug-likeness (QED) is 0.201. The second-order valence-corrected chi connectivity index (χ2v) is 9.97. The van der Waals surface area contributed by atoms with E-state index in [1.54, 1.807) is 13.8 Å². The molecule has 0 aromatic carbocycles. The van der Waals surface area contributed by atoms with E-state index in [0.717, 1.165) is 23.8 Å². The molecule has 6 atom stereocenters. The second kappa shape index (κ2) is 9.30. The maximum atomic E-state index is 15.6. The minimum Gasteiger partial charge on any atom is -0.462 e. The fraction of sp³-hybridized carbons (Fsp3) is 0.688. The summed E-state index contributed by atoms with van der Waals surface area (Å²) >= 11 is 0. The van der Waals surface area contributed by atoms with Crippen LogP contribution >= 0.6 is 8.18 Å². The third-order valence-corrected chi connectivity index (χ3v) is 6.95. The van der Waals surface area contributed by atoms with Crippen molar-refractivity contribution in [2.75, 3.05) is 0 Å². The summed E-state index contributed by atoms with van der Waals surface area (Å²) in [7, 11) is 1.15. The minimum atomic E-state index is -3.09. The molecule has 0 spiro atoms. The molecule has 1 unspecified atom stereocenters. The summed E-state index contributed by atoms with van der Waals surface area (Å²) in [6.07, 6.45) is -2.72. The lowest BCUT2D eigenvalue weighted by atomic mass is 9.47. The largest absolute Gasteiger partial charge is 0.462 e. The van der Waals surface area contributed by atoms with E-state index in [-0.39, 0.29) is 6.10 Å². The molecule has 0 radical (unpaired) electrons. The van der Waals surface area contributed by atoms with Crippen LogP contribution in [-0.2, 0) is 23.4 Å². The van der Waals surface area contributed by atoms with Crippen molar-refractivity contribution in [1.29, 1.82) is 0 Å². The molecule has 176 valence electrons. The van der Waals surface area contributed by atoms with Crippen molar-refractivity contribution in [1.82, 2.24) is 14.6 Å². The highest BCUT2D eigenvalue weighted by Crippen LogP contribution is 2.50. The topological polar surface area (TPSA) is 149 Å². The Kier molecular flexibility index (Phi) is 7.73. The maximum absolute atomic E-state index is 15.6. The Bertz CT molecular complexity index is 1000. The van der Waals surface area contributed by atoms with Crippen LogP contribution in [0.4, 0.5) is 4.39 Å². The predicted molar refractivity (Wildman–Crippen MR) is 122 cm³/mol. The van der Waals surface area contributed by atoms with Gasteiger partial charge in [-0.15, -0.1) is 0 Å². The van der Waals surface area contributed by atoms with Crippen molar-refractivity contribution in [3.05, 3.63) is 33.1 Å². The van der Waals surface area contributed by atoms with Crippen molar-refractivity contribution >= 4 is 37.7 Å². The van der Waals surface area contributed by atoms with E-state index in [9.17, 15) is 24.1 Å². The number of H-pyrrole nitrogens is 1.